The molecule has 0 fully saturated rings. The van der Waals surface area contributed by atoms with Crippen molar-refractivity contribution in [1.29, 1.82) is 0 Å². The first-order valence-electron chi connectivity index (χ1n) is 5.71. The van der Waals surface area contributed by atoms with Gasteiger partial charge in [0.2, 0.25) is 0 Å². The van der Waals surface area contributed by atoms with Gasteiger partial charge in [-0.25, -0.2) is 0 Å². The summed E-state index contributed by atoms with van der Waals surface area (Å²) in [4.78, 5) is 0. The average Bonchev–Trinajstić information content (AvgIpc) is 2.72. The van der Waals surface area contributed by atoms with E-state index in [1.807, 2.05) is 38.4 Å². The number of aryl methyl sites for hydroxylation is 1. The highest BCUT2D eigenvalue weighted by Gasteiger charge is 2.09. The first-order valence-corrected chi connectivity index (χ1v) is 6.51. The zero-order valence-corrected chi connectivity index (χ0v) is 12.0. The van der Waals surface area contributed by atoms with Crippen LogP contribution in [0.15, 0.2) is 35.1 Å². The lowest BCUT2D eigenvalue weighted by Gasteiger charge is -2.13. The molecule has 1 atom stereocenters. The first kappa shape index (κ1) is 13.1. The van der Waals surface area contributed by atoms with Crippen LogP contribution in [-0.2, 0) is 13.7 Å². The fourth-order valence-corrected chi connectivity index (χ4v) is 2.06. The fraction of sp³-hybridized carbons (Fsp3) is 0.308. The molecule has 0 aliphatic heterocycles. The molecular formula is C13H16BrN3O. The molecule has 0 radical (unpaired) electrons. The quantitative estimate of drug-likeness (QED) is 0.945. The van der Waals surface area contributed by atoms with E-state index in [1.165, 1.54) is 0 Å². The Balaban J connectivity index is 2.15. The number of aromatic nitrogens is 2. The van der Waals surface area contributed by atoms with Gasteiger partial charge in [-0.1, -0.05) is 22.0 Å². The highest BCUT2D eigenvalue weighted by Crippen LogP contribution is 2.28. The van der Waals surface area contributed by atoms with Gasteiger partial charge in [-0.15, -0.1) is 0 Å². The van der Waals surface area contributed by atoms with Crippen molar-refractivity contribution in [3.63, 3.8) is 0 Å². The monoisotopic (exact) mass is 309 g/mol. The molecule has 0 bridgehead atoms. The van der Waals surface area contributed by atoms with E-state index in [4.69, 9.17) is 10.5 Å². The summed E-state index contributed by atoms with van der Waals surface area (Å²) in [7, 11) is 1.88. The third-order valence-corrected chi connectivity index (χ3v) is 3.11. The molecule has 1 unspecified atom stereocenters. The van der Waals surface area contributed by atoms with Gasteiger partial charge in [0.05, 0.1) is 6.20 Å². The van der Waals surface area contributed by atoms with Crippen LogP contribution in [0.2, 0.25) is 0 Å². The Morgan fingerprint density at radius 3 is 2.89 bits per heavy atom. The molecule has 96 valence electrons. The standard InChI is InChI=1S/C13H16BrN3O/c1-9(15)12-4-3-11(14)5-13(12)18-8-10-6-16-17(2)7-10/h3-7,9H,8,15H2,1-2H3. The first-order chi connectivity index (χ1) is 8.56. The molecule has 2 aromatic rings. The molecule has 1 aromatic carbocycles. The Morgan fingerprint density at radius 1 is 1.50 bits per heavy atom. The van der Waals surface area contributed by atoms with Crippen molar-refractivity contribution >= 4 is 15.9 Å². The van der Waals surface area contributed by atoms with Crippen LogP contribution in [0.25, 0.3) is 0 Å². The SMILES string of the molecule is CC(N)c1ccc(Br)cc1OCc1cnn(C)c1. The van der Waals surface area contributed by atoms with E-state index in [9.17, 15) is 0 Å². The minimum Gasteiger partial charge on any atom is -0.488 e. The van der Waals surface area contributed by atoms with Gasteiger partial charge < -0.3 is 10.5 Å². The van der Waals surface area contributed by atoms with Gasteiger partial charge in [0.15, 0.2) is 0 Å². The van der Waals surface area contributed by atoms with E-state index in [0.29, 0.717) is 6.61 Å². The van der Waals surface area contributed by atoms with Gasteiger partial charge in [0.1, 0.15) is 12.4 Å². The van der Waals surface area contributed by atoms with Gasteiger partial charge >= 0.3 is 0 Å². The molecule has 2 N–H and O–H groups in total. The van der Waals surface area contributed by atoms with Crippen LogP contribution in [0.1, 0.15) is 24.1 Å². The molecule has 1 aromatic heterocycles. The van der Waals surface area contributed by atoms with Crippen LogP contribution in [-0.4, -0.2) is 9.78 Å². The molecule has 0 aliphatic rings. The van der Waals surface area contributed by atoms with Crippen molar-refractivity contribution in [3.8, 4) is 5.75 Å². The Labute approximate surface area is 115 Å². The van der Waals surface area contributed by atoms with Crippen molar-refractivity contribution in [1.82, 2.24) is 9.78 Å². The third kappa shape index (κ3) is 3.11. The van der Waals surface area contributed by atoms with Crippen molar-refractivity contribution in [2.24, 2.45) is 12.8 Å². The second-order valence-electron chi connectivity index (χ2n) is 4.28. The highest BCUT2D eigenvalue weighted by atomic mass is 79.9. The zero-order valence-electron chi connectivity index (χ0n) is 10.4. The molecule has 0 saturated heterocycles. The van der Waals surface area contributed by atoms with Crippen molar-refractivity contribution in [2.75, 3.05) is 0 Å². The second kappa shape index (κ2) is 5.54. The van der Waals surface area contributed by atoms with Crippen LogP contribution in [0.4, 0.5) is 0 Å². The fourth-order valence-electron chi connectivity index (χ4n) is 1.72. The summed E-state index contributed by atoms with van der Waals surface area (Å²) >= 11 is 3.44. The predicted molar refractivity (Wildman–Crippen MR) is 74.3 cm³/mol. The maximum atomic E-state index is 5.93. The summed E-state index contributed by atoms with van der Waals surface area (Å²) in [5, 5.41) is 4.11. The lowest BCUT2D eigenvalue weighted by atomic mass is 10.1. The molecule has 1 heterocycles. The van der Waals surface area contributed by atoms with E-state index in [1.54, 1.807) is 10.9 Å². The second-order valence-corrected chi connectivity index (χ2v) is 5.20. The molecule has 0 spiro atoms. The van der Waals surface area contributed by atoms with Gasteiger partial charge in [-0.3, -0.25) is 4.68 Å². The predicted octanol–water partition coefficient (Wildman–Crippen LogP) is 2.78. The summed E-state index contributed by atoms with van der Waals surface area (Å²) in [5.41, 5.74) is 7.96. The maximum absolute atomic E-state index is 5.93. The molecule has 0 aliphatic carbocycles. The number of nitrogens with two attached hydrogens (primary N) is 1. The molecular weight excluding hydrogens is 294 g/mol. The van der Waals surface area contributed by atoms with Gasteiger partial charge in [0, 0.05) is 34.9 Å². The van der Waals surface area contributed by atoms with E-state index >= 15 is 0 Å². The third-order valence-electron chi connectivity index (χ3n) is 2.62. The number of hydrogen-bond donors (Lipinski definition) is 1. The minimum absolute atomic E-state index is 0.0537. The molecule has 18 heavy (non-hydrogen) atoms. The van der Waals surface area contributed by atoms with Crippen LogP contribution >= 0.6 is 15.9 Å². The highest BCUT2D eigenvalue weighted by molar-refractivity contribution is 9.10. The number of hydrogen-bond acceptors (Lipinski definition) is 3. The van der Waals surface area contributed by atoms with Gasteiger partial charge in [0.25, 0.3) is 0 Å². The number of halogens is 1. The molecule has 2 rings (SSSR count). The molecule has 5 heteroatoms. The van der Waals surface area contributed by atoms with Crippen LogP contribution in [0.3, 0.4) is 0 Å². The van der Waals surface area contributed by atoms with E-state index in [0.717, 1.165) is 21.3 Å². The summed E-state index contributed by atoms with van der Waals surface area (Å²) in [6, 6.07) is 5.83. The zero-order chi connectivity index (χ0) is 13.1. The van der Waals surface area contributed by atoms with E-state index in [2.05, 4.69) is 21.0 Å². The summed E-state index contributed by atoms with van der Waals surface area (Å²) in [6.07, 6.45) is 3.73. The number of rotatable bonds is 4. The minimum atomic E-state index is -0.0537. The number of nitrogens with zero attached hydrogens (tertiary/aromatic N) is 2. The van der Waals surface area contributed by atoms with Gasteiger partial charge in [-0.2, -0.15) is 5.10 Å². The lowest BCUT2D eigenvalue weighted by molar-refractivity contribution is 0.301. The Hall–Kier alpha value is -1.33. The van der Waals surface area contributed by atoms with Crippen LogP contribution < -0.4 is 10.5 Å². The Morgan fingerprint density at radius 2 is 2.28 bits per heavy atom. The average molecular weight is 310 g/mol. The molecule has 0 amide bonds. The van der Waals surface area contributed by atoms with E-state index in [-0.39, 0.29) is 6.04 Å². The molecule has 4 nitrogen and oxygen atoms in total. The topological polar surface area (TPSA) is 53.1 Å². The van der Waals surface area contributed by atoms with Crippen molar-refractivity contribution < 1.29 is 4.74 Å². The van der Waals surface area contributed by atoms with Crippen molar-refractivity contribution in [2.45, 2.75) is 19.6 Å². The normalized spacial score (nSPS) is 12.4. The van der Waals surface area contributed by atoms with Crippen LogP contribution in [0.5, 0.6) is 5.75 Å². The Kier molecular flexibility index (Phi) is 4.04. The number of ether oxygens (including phenoxy) is 1. The summed E-state index contributed by atoms with van der Waals surface area (Å²) < 4.78 is 8.55. The lowest BCUT2D eigenvalue weighted by Crippen LogP contribution is -2.08. The largest absolute Gasteiger partial charge is 0.488 e. The van der Waals surface area contributed by atoms with Crippen LogP contribution in [0, 0.1) is 0 Å². The van der Waals surface area contributed by atoms with Crippen molar-refractivity contribution in [3.05, 3.63) is 46.2 Å². The van der Waals surface area contributed by atoms with Gasteiger partial charge in [-0.05, 0) is 19.1 Å². The summed E-state index contributed by atoms with van der Waals surface area (Å²) in [6.45, 7) is 2.43. The smallest absolute Gasteiger partial charge is 0.125 e. The van der Waals surface area contributed by atoms with E-state index < -0.39 is 0 Å². The Bertz CT molecular complexity index is 537. The molecule has 0 saturated carbocycles. The maximum Gasteiger partial charge on any atom is 0.125 e. The summed E-state index contributed by atoms with van der Waals surface area (Å²) in [5.74, 6) is 0.809. The number of benzene rings is 1.